The molecular formula is C26H22N3O3+. The average Bonchev–Trinajstić information content (AvgIpc) is 3.39. The van der Waals surface area contributed by atoms with Crippen LogP contribution in [-0.4, -0.2) is 9.49 Å². The van der Waals surface area contributed by atoms with Gasteiger partial charge in [0.25, 0.3) is 11.5 Å². The molecule has 2 aromatic heterocycles. The number of para-hydroxylation sites is 1. The maximum Gasteiger partial charge on any atom is 0.269 e. The first-order valence-corrected chi connectivity index (χ1v) is 10.4. The van der Waals surface area contributed by atoms with E-state index in [1.807, 2.05) is 42.6 Å². The van der Waals surface area contributed by atoms with Gasteiger partial charge in [-0.2, -0.15) is 0 Å². The van der Waals surface area contributed by atoms with Crippen molar-refractivity contribution in [2.45, 2.75) is 19.5 Å². The number of hydrogen-bond acceptors (Lipinski definition) is 3. The quantitative estimate of drug-likeness (QED) is 0.208. The summed E-state index contributed by atoms with van der Waals surface area (Å²) in [5, 5.41) is 12.0. The maximum atomic E-state index is 10.9. The van der Waals surface area contributed by atoms with E-state index in [-0.39, 0.29) is 16.7 Å². The molecule has 0 amide bonds. The zero-order valence-electron chi connectivity index (χ0n) is 17.6. The molecule has 3 aromatic carbocycles. The highest BCUT2D eigenvalue weighted by atomic mass is 16.6. The number of nitro benzene ring substituents is 1. The molecule has 0 N–H and O–H groups in total. The van der Waals surface area contributed by atoms with Crippen molar-refractivity contribution in [2.75, 3.05) is 0 Å². The van der Waals surface area contributed by atoms with Gasteiger partial charge in [-0.25, -0.2) is 9.13 Å². The smallest absolute Gasteiger partial charge is 0.269 e. The number of non-ortho nitro benzene ring substituents is 1. The van der Waals surface area contributed by atoms with E-state index in [1.165, 1.54) is 0 Å². The first-order valence-electron chi connectivity index (χ1n) is 10.4. The number of hydrogen-bond donors (Lipinski definition) is 0. The molecule has 1 atom stereocenters. The monoisotopic (exact) mass is 424 g/mol. The van der Waals surface area contributed by atoms with Gasteiger partial charge in [-0.1, -0.05) is 48.5 Å². The highest BCUT2D eigenvalue weighted by Crippen LogP contribution is 2.32. The van der Waals surface area contributed by atoms with E-state index in [4.69, 9.17) is 4.42 Å². The molecule has 158 valence electrons. The molecule has 5 rings (SSSR count). The number of furan rings is 1. The fraction of sp³-hybridized carbons (Fsp3) is 0.115. The van der Waals surface area contributed by atoms with Gasteiger partial charge in [-0.05, 0) is 29.8 Å². The van der Waals surface area contributed by atoms with Gasteiger partial charge in [0.1, 0.15) is 24.5 Å². The Balaban J connectivity index is 1.54. The van der Waals surface area contributed by atoms with Crippen LogP contribution in [0.5, 0.6) is 0 Å². The topological polar surface area (TPSA) is 65.1 Å². The lowest BCUT2D eigenvalue weighted by molar-refractivity contribution is -0.694. The Labute approximate surface area is 185 Å². The Kier molecular flexibility index (Phi) is 5.03. The van der Waals surface area contributed by atoms with Gasteiger partial charge in [0.15, 0.2) is 11.8 Å². The van der Waals surface area contributed by atoms with Crippen molar-refractivity contribution in [2.24, 2.45) is 0 Å². The summed E-state index contributed by atoms with van der Waals surface area (Å²) in [5.41, 5.74) is 3.10. The van der Waals surface area contributed by atoms with E-state index < -0.39 is 0 Å². The lowest BCUT2D eigenvalue weighted by Gasteiger charge is -2.13. The third-order valence-electron chi connectivity index (χ3n) is 5.80. The molecule has 0 aliphatic heterocycles. The molecule has 2 heterocycles. The summed E-state index contributed by atoms with van der Waals surface area (Å²) in [6, 6.07) is 27.0. The van der Waals surface area contributed by atoms with E-state index in [2.05, 4.69) is 46.5 Å². The molecule has 6 heteroatoms. The fourth-order valence-corrected chi connectivity index (χ4v) is 4.11. The van der Waals surface area contributed by atoms with Gasteiger partial charge in [0, 0.05) is 30.0 Å². The Morgan fingerprint density at radius 1 is 1.00 bits per heavy atom. The zero-order valence-corrected chi connectivity index (χ0v) is 17.6. The lowest BCUT2D eigenvalue weighted by atomic mass is 10.0. The molecule has 6 nitrogen and oxygen atoms in total. The molecule has 32 heavy (non-hydrogen) atoms. The number of nitro groups is 1. The van der Waals surface area contributed by atoms with Crippen LogP contribution in [0.15, 0.2) is 102 Å². The molecule has 5 aromatic rings. The third kappa shape index (κ3) is 3.67. The minimum absolute atomic E-state index is 0.0991. The van der Waals surface area contributed by atoms with Gasteiger partial charge in [-0.15, -0.1) is 0 Å². The van der Waals surface area contributed by atoms with Crippen molar-refractivity contribution < 1.29 is 13.9 Å². The van der Waals surface area contributed by atoms with E-state index in [1.54, 1.807) is 24.3 Å². The molecule has 0 aliphatic carbocycles. The number of rotatable bonds is 6. The molecule has 0 spiro atoms. The highest BCUT2D eigenvalue weighted by molar-refractivity contribution is 5.78. The second-order valence-electron chi connectivity index (χ2n) is 7.80. The summed E-state index contributed by atoms with van der Waals surface area (Å²) in [7, 11) is 0. The Morgan fingerprint density at radius 2 is 1.72 bits per heavy atom. The first-order chi connectivity index (χ1) is 15.6. The van der Waals surface area contributed by atoms with Crippen LogP contribution in [-0.2, 0) is 6.54 Å². The number of fused-ring (bicyclic) bond motifs is 1. The second-order valence-corrected chi connectivity index (χ2v) is 7.80. The van der Waals surface area contributed by atoms with Crippen LogP contribution in [0.1, 0.15) is 28.8 Å². The van der Waals surface area contributed by atoms with Gasteiger partial charge in [0.05, 0.1) is 4.92 Å². The molecule has 0 radical (unpaired) electrons. The van der Waals surface area contributed by atoms with Crippen molar-refractivity contribution in [1.82, 2.24) is 4.57 Å². The zero-order chi connectivity index (χ0) is 22.1. The molecule has 0 bridgehead atoms. The van der Waals surface area contributed by atoms with Crippen LogP contribution < -0.4 is 4.57 Å². The van der Waals surface area contributed by atoms with Crippen molar-refractivity contribution in [3.8, 4) is 0 Å². The van der Waals surface area contributed by atoms with E-state index in [0.29, 0.717) is 6.54 Å². The van der Waals surface area contributed by atoms with Gasteiger partial charge < -0.3 is 4.42 Å². The van der Waals surface area contributed by atoms with E-state index in [9.17, 15) is 10.1 Å². The summed E-state index contributed by atoms with van der Waals surface area (Å²) in [5.74, 6) is 1.93. The Hall–Kier alpha value is -4.19. The summed E-state index contributed by atoms with van der Waals surface area (Å²) in [4.78, 5) is 10.5. The Bertz CT molecular complexity index is 1350. The average molecular weight is 424 g/mol. The lowest BCUT2D eigenvalue weighted by Crippen LogP contribution is -2.36. The van der Waals surface area contributed by atoms with Gasteiger partial charge in [0.2, 0.25) is 0 Å². The van der Waals surface area contributed by atoms with Crippen molar-refractivity contribution >= 4 is 16.7 Å². The van der Waals surface area contributed by atoms with Crippen LogP contribution in [0.2, 0.25) is 0 Å². The van der Waals surface area contributed by atoms with E-state index >= 15 is 0 Å². The highest BCUT2D eigenvalue weighted by Gasteiger charge is 2.28. The van der Waals surface area contributed by atoms with E-state index in [0.717, 1.165) is 33.7 Å². The maximum absolute atomic E-state index is 10.9. The predicted octanol–water partition coefficient (Wildman–Crippen LogP) is 5.42. The summed E-state index contributed by atoms with van der Waals surface area (Å²) < 4.78 is 10.6. The molecule has 0 saturated carbocycles. The number of aromatic nitrogens is 2. The van der Waals surface area contributed by atoms with Crippen molar-refractivity contribution in [1.29, 1.82) is 0 Å². The SMILES string of the molecule is Cc1n(C(c2ccccc2)c2cc3ccccc3o2)cc[n+]1Cc1ccc([N+](=O)[O-])cc1. The van der Waals surface area contributed by atoms with Crippen LogP contribution in [0.25, 0.3) is 11.0 Å². The number of nitrogens with zero attached hydrogens (tertiary/aromatic N) is 3. The summed E-state index contributed by atoms with van der Waals surface area (Å²) in [6.07, 6.45) is 4.10. The third-order valence-corrected chi connectivity index (χ3v) is 5.80. The van der Waals surface area contributed by atoms with Crippen LogP contribution in [0, 0.1) is 17.0 Å². The Morgan fingerprint density at radius 3 is 2.44 bits per heavy atom. The predicted molar refractivity (Wildman–Crippen MR) is 121 cm³/mol. The van der Waals surface area contributed by atoms with Crippen molar-refractivity contribution in [3.05, 3.63) is 130 Å². The molecular weight excluding hydrogens is 402 g/mol. The summed E-state index contributed by atoms with van der Waals surface area (Å²) >= 11 is 0. The standard InChI is InChI=1S/C26H22N3O3/c1-19-27(18-20-11-13-23(14-12-20)29(30)31)15-16-28(19)26(21-7-3-2-4-8-21)25-17-22-9-5-6-10-24(22)32-25/h2-17,26H,18H2,1H3/q+1. The molecule has 1 unspecified atom stereocenters. The first kappa shape index (κ1) is 19.8. The molecule has 0 saturated heterocycles. The minimum atomic E-state index is -0.379. The largest absolute Gasteiger partial charge is 0.456 e. The fourth-order valence-electron chi connectivity index (χ4n) is 4.11. The van der Waals surface area contributed by atoms with Crippen LogP contribution in [0.4, 0.5) is 5.69 Å². The van der Waals surface area contributed by atoms with Crippen molar-refractivity contribution in [3.63, 3.8) is 0 Å². The normalized spacial score (nSPS) is 12.2. The number of imidazole rings is 1. The molecule has 0 aliphatic rings. The second kappa shape index (κ2) is 8.15. The summed E-state index contributed by atoms with van der Waals surface area (Å²) in [6.45, 7) is 2.70. The van der Waals surface area contributed by atoms with Crippen LogP contribution >= 0.6 is 0 Å². The molecule has 0 fully saturated rings. The van der Waals surface area contributed by atoms with Gasteiger partial charge >= 0.3 is 0 Å². The van der Waals surface area contributed by atoms with Crippen LogP contribution in [0.3, 0.4) is 0 Å². The van der Waals surface area contributed by atoms with Gasteiger partial charge in [-0.3, -0.25) is 10.1 Å². The number of benzene rings is 3. The minimum Gasteiger partial charge on any atom is -0.456 e.